The molecule has 3 nitrogen and oxygen atoms in total. The van der Waals surface area contributed by atoms with E-state index in [1.54, 1.807) is 13.8 Å². The Bertz CT molecular complexity index is 464. The second kappa shape index (κ2) is 4.88. The second-order valence-corrected chi connectivity index (χ2v) is 4.38. The van der Waals surface area contributed by atoms with E-state index in [-0.39, 0.29) is 23.7 Å². The molecule has 1 rings (SSSR count). The molecule has 0 radical (unpaired) electrons. The normalized spacial score (nSPS) is 11.9. The number of carbonyl (C=O) groups excluding carboxylic acids is 1. The van der Waals surface area contributed by atoms with Gasteiger partial charge in [0, 0.05) is 5.56 Å². The zero-order chi connectivity index (χ0) is 14.1. The summed E-state index contributed by atoms with van der Waals surface area (Å²) < 4.78 is 36.9. The van der Waals surface area contributed by atoms with Gasteiger partial charge in [-0.05, 0) is 24.5 Å². The van der Waals surface area contributed by atoms with Gasteiger partial charge in [0.2, 0.25) is 0 Å². The Labute approximate surface area is 102 Å². The van der Waals surface area contributed by atoms with Crippen LogP contribution in [0.5, 0.6) is 11.5 Å². The van der Waals surface area contributed by atoms with E-state index in [4.69, 9.17) is 0 Å². The first-order chi connectivity index (χ1) is 8.14. The van der Waals surface area contributed by atoms with Crippen LogP contribution in [0.1, 0.15) is 29.8 Å². The largest absolute Gasteiger partial charge is 0.508 e. The lowest BCUT2D eigenvalue weighted by atomic mass is 9.97. The van der Waals surface area contributed by atoms with Crippen molar-refractivity contribution in [1.82, 2.24) is 0 Å². The van der Waals surface area contributed by atoms with Crippen molar-refractivity contribution in [3.8, 4) is 11.5 Å². The lowest BCUT2D eigenvalue weighted by Crippen LogP contribution is -2.23. The van der Waals surface area contributed by atoms with Crippen molar-refractivity contribution in [3.63, 3.8) is 0 Å². The molecule has 1 aromatic carbocycles. The van der Waals surface area contributed by atoms with E-state index < -0.39 is 23.3 Å². The molecule has 0 aromatic heterocycles. The smallest absolute Gasteiger partial charge is 0.455 e. The maximum atomic E-state index is 12.3. The molecule has 0 saturated heterocycles. The number of halogens is 3. The highest BCUT2D eigenvalue weighted by molar-refractivity contribution is 6.03. The van der Waals surface area contributed by atoms with Crippen LogP contribution in [0.15, 0.2) is 12.1 Å². The molecule has 0 fully saturated rings. The van der Waals surface area contributed by atoms with Crippen LogP contribution in [0.4, 0.5) is 13.2 Å². The molecule has 18 heavy (non-hydrogen) atoms. The van der Waals surface area contributed by atoms with Crippen LogP contribution in [0.2, 0.25) is 0 Å². The molecule has 0 aliphatic carbocycles. The summed E-state index contributed by atoms with van der Waals surface area (Å²) in [5, 5.41) is 19.2. The molecule has 6 heteroatoms. The van der Waals surface area contributed by atoms with Crippen LogP contribution < -0.4 is 0 Å². The van der Waals surface area contributed by atoms with Gasteiger partial charge in [-0.1, -0.05) is 13.8 Å². The number of rotatable bonds is 3. The lowest BCUT2D eigenvalue weighted by Gasteiger charge is -2.13. The van der Waals surface area contributed by atoms with Crippen molar-refractivity contribution in [2.75, 3.05) is 0 Å². The molecule has 1 aromatic rings. The van der Waals surface area contributed by atoms with E-state index in [0.29, 0.717) is 0 Å². The third-order valence-electron chi connectivity index (χ3n) is 2.37. The van der Waals surface area contributed by atoms with E-state index in [9.17, 15) is 28.2 Å². The minimum absolute atomic E-state index is 0.0121. The van der Waals surface area contributed by atoms with Crippen molar-refractivity contribution in [2.45, 2.75) is 26.4 Å². The molecule has 0 heterocycles. The number of carbonyl (C=O) groups is 1. The third kappa shape index (κ3) is 2.94. The standard InChI is InChI=1S/C12H13F3O3/c1-6(2)5-8-9(16)4-3-7(10(8)17)11(18)12(13,14)15/h3-4,6,16-17H,5H2,1-2H3. The number of benzene rings is 1. The highest BCUT2D eigenvalue weighted by Gasteiger charge is 2.41. The number of phenolic OH excluding ortho intramolecular Hbond substituents is 2. The number of aromatic hydroxyl groups is 2. The SMILES string of the molecule is CC(C)Cc1c(O)ccc(C(=O)C(F)(F)F)c1O. The number of Topliss-reactive ketones (excluding diaryl/α,β-unsaturated/α-hetero) is 1. The summed E-state index contributed by atoms with van der Waals surface area (Å²) in [6.45, 7) is 3.55. The van der Waals surface area contributed by atoms with Crippen LogP contribution in [0.25, 0.3) is 0 Å². The Morgan fingerprint density at radius 1 is 1.28 bits per heavy atom. The van der Waals surface area contributed by atoms with Gasteiger partial charge in [0.1, 0.15) is 11.5 Å². The highest BCUT2D eigenvalue weighted by atomic mass is 19.4. The Kier molecular flexibility index (Phi) is 3.88. The Hall–Kier alpha value is -1.72. The van der Waals surface area contributed by atoms with Crippen LogP contribution in [0, 0.1) is 5.92 Å². The summed E-state index contributed by atoms with van der Waals surface area (Å²) in [5.41, 5.74) is -0.879. The van der Waals surface area contributed by atoms with Gasteiger partial charge in [0.25, 0.3) is 5.78 Å². The first kappa shape index (κ1) is 14.3. The van der Waals surface area contributed by atoms with Gasteiger partial charge in [-0.15, -0.1) is 0 Å². The quantitative estimate of drug-likeness (QED) is 0.823. The minimum atomic E-state index is -5.05. The third-order valence-corrected chi connectivity index (χ3v) is 2.37. The summed E-state index contributed by atoms with van der Waals surface area (Å²) in [4.78, 5) is 11.1. The number of hydrogen-bond donors (Lipinski definition) is 2. The molecule has 0 aliphatic rings. The van der Waals surface area contributed by atoms with Crippen LogP contribution in [-0.4, -0.2) is 22.2 Å². The number of ketones is 1. The van der Waals surface area contributed by atoms with Crippen molar-refractivity contribution in [3.05, 3.63) is 23.3 Å². The first-order valence-corrected chi connectivity index (χ1v) is 5.30. The summed E-state index contributed by atoms with van der Waals surface area (Å²) in [6.07, 6.45) is -4.87. The fourth-order valence-electron chi connectivity index (χ4n) is 1.57. The van der Waals surface area contributed by atoms with E-state index in [1.807, 2.05) is 0 Å². The monoisotopic (exact) mass is 262 g/mol. The van der Waals surface area contributed by atoms with Gasteiger partial charge >= 0.3 is 6.18 Å². The molecule has 0 saturated carbocycles. The maximum Gasteiger partial charge on any atom is 0.455 e. The molecule has 0 amide bonds. The predicted molar refractivity (Wildman–Crippen MR) is 58.7 cm³/mol. The first-order valence-electron chi connectivity index (χ1n) is 5.30. The van der Waals surface area contributed by atoms with Gasteiger partial charge < -0.3 is 10.2 Å². The molecule has 0 unspecified atom stereocenters. The molecular formula is C12H13F3O3. The summed E-state index contributed by atoms with van der Waals surface area (Å²) >= 11 is 0. The van der Waals surface area contributed by atoms with Gasteiger partial charge in [0.05, 0.1) is 5.56 Å². The lowest BCUT2D eigenvalue weighted by molar-refractivity contribution is -0.0886. The van der Waals surface area contributed by atoms with E-state index in [0.717, 1.165) is 12.1 Å². The van der Waals surface area contributed by atoms with Crippen molar-refractivity contribution in [1.29, 1.82) is 0 Å². The van der Waals surface area contributed by atoms with Crippen LogP contribution in [0.3, 0.4) is 0 Å². The van der Waals surface area contributed by atoms with Crippen LogP contribution >= 0.6 is 0 Å². The Morgan fingerprint density at radius 2 is 1.83 bits per heavy atom. The molecule has 0 atom stereocenters. The molecule has 0 bridgehead atoms. The Balaban J connectivity index is 3.29. The van der Waals surface area contributed by atoms with E-state index in [1.165, 1.54) is 0 Å². The fourth-order valence-corrected chi connectivity index (χ4v) is 1.57. The zero-order valence-corrected chi connectivity index (χ0v) is 9.88. The van der Waals surface area contributed by atoms with Gasteiger partial charge in [-0.3, -0.25) is 4.79 Å². The van der Waals surface area contributed by atoms with Crippen molar-refractivity contribution in [2.24, 2.45) is 5.92 Å². The fraction of sp³-hybridized carbons (Fsp3) is 0.417. The van der Waals surface area contributed by atoms with Gasteiger partial charge in [-0.2, -0.15) is 13.2 Å². The second-order valence-electron chi connectivity index (χ2n) is 4.38. The molecule has 0 aliphatic heterocycles. The summed E-state index contributed by atoms with van der Waals surface area (Å²) in [5.74, 6) is -3.23. The Morgan fingerprint density at radius 3 is 2.28 bits per heavy atom. The van der Waals surface area contributed by atoms with E-state index in [2.05, 4.69) is 0 Å². The molecule has 0 spiro atoms. The number of phenols is 2. The minimum Gasteiger partial charge on any atom is -0.508 e. The van der Waals surface area contributed by atoms with Gasteiger partial charge in [0.15, 0.2) is 0 Å². The maximum absolute atomic E-state index is 12.3. The zero-order valence-electron chi connectivity index (χ0n) is 9.88. The van der Waals surface area contributed by atoms with Crippen molar-refractivity contribution >= 4 is 5.78 Å². The number of hydrogen-bond acceptors (Lipinski definition) is 3. The van der Waals surface area contributed by atoms with E-state index >= 15 is 0 Å². The predicted octanol–water partition coefficient (Wildman–Crippen LogP) is 3.04. The topological polar surface area (TPSA) is 57.5 Å². The van der Waals surface area contributed by atoms with Crippen molar-refractivity contribution < 1.29 is 28.2 Å². The highest BCUT2D eigenvalue weighted by Crippen LogP contribution is 2.35. The average molecular weight is 262 g/mol. The molecule has 2 N–H and O–H groups in total. The average Bonchev–Trinajstić information content (AvgIpc) is 2.22. The molecular weight excluding hydrogens is 249 g/mol. The van der Waals surface area contributed by atoms with Crippen LogP contribution in [-0.2, 0) is 6.42 Å². The summed E-state index contributed by atoms with van der Waals surface area (Å²) in [7, 11) is 0. The van der Waals surface area contributed by atoms with Gasteiger partial charge in [-0.25, -0.2) is 0 Å². The number of alkyl halides is 3. The summed E-state index contributed by atoms with van der Waals surface area (Å²) in [6, 6.07) is 1.75. The molecule has 100 valence electrons.